The van der Waals surface area contributed by atoms with Crippen LogP contribution >= 0.6 is 24.0 Å². The van der Waals surface area contributed by atoms with Crippen molar-refractivity contribution >= 4 is 29.9 Å². The van der Waals surface area contributed by atoms with Crippen molar-refractivity contribution in [3.63, 3.8) is 0 Å². The molecule has 1 aliphatic carbocycles. The maximum absolute atomic E-state index is 13.1. The summed E-state index contributed by atoms with van der Waals surface area (Å²) in [4.78, 5) is 9.39. The van der Waals surface area contributed by atoms with Crippen molar-refractivity contribution in [1.29, 1.82) is 0 Å². The van der Waals surface area contributed by atoms with E-state index in [1.165, 1.54) is 12.1 Å². The number of aliphatic imine (C=N–C) groups is 1. The Morgan fingerprint density at radius 3 is 2.53 bits per heavy atom. The lowest BCUT2D eigenvalue weighted by Gasteiger charge is -2.36. The van der Waals surface area contributed by atoms with Crippen LogP contribution in [0.25, 0.3) is 0 Å². The average molecular weight is 563 g/mol. The fraction of sp³-hybridized carbons (Fsp3) is 0.545. The second-order valence-electron chi connectivity index (χ2n) is 8.28. The van der Waals surface area contributed by atoms with Crippen molar-refractivity contribution in [3.05, 3.63) is 53.4 Å². The molecule has 0 bridgehead atoms. The number of piperazine rings is 1. The second-order valence-corrected chi connectivity index (χ2v) is 8.28. The third-order valence-corrected chi connectivity index (χ3v) is 6.07. The van der Waals surface area contributed by atoms with E-state index in [9.17, 15) is 13.2 Å². The van der Waals surface area contributed by atoms with Gasteiger partial charge in [0.1, 0.15) is 6.26 Å². The van der Waals surface area contributed by atoms with Gasteiger partial charge in [0.2, 0.25) is 0 Å². The Kier molecular flexibility index (Phi) is 8.07. The minimum absolute atomic E-state index is 0. The molecule has 4 rings (SSSR count). The zero-order chi connectivity index (χ0) is 21.9. The Bertz CT molecular complexity index is 891. The Balaban J connectivity index is 0.00000289. The molecular formula is C22H29F3IN5O. The Morgan fingerprint density at radius 2 is 1.94 bits per heavy atom. The number of benzene rings is 1. The van der Waals surface area contributed by atoms with Crippen LogP contribution in [-0.2, 0) is 18.1 Å². The second kappa shape index (κ2) is 10.4. The largest absolute Gasteiger partial charge is 0.416 e. The third-order valence-electron chi connectivity index (χ3n) is 6.07. The van der Waals surface area contributed by atoms with Gasteiger partial charge in [-0.25, -0.2) is 0 Å². The van der Waals surface area contributed by atoms with Gasteiger partial charge in [0.15, 0.2) is 5.96 Å². The molecule has 1 saturated heterocycles. The summed E-state index contributed by atoms with van der Waals surface area (Å²) in [5.41, 5.74) is 0.789. The molecule has 0 amide bonds. The summed E-state index contributed by atoms with van der Waals surface area (Å²) in [5, 5.41) is 7.32. The van der Waals surface area contributed by atoms with Crippen molar-refractivity contribution in [2.45, 2.75) is 37.9 Å². The summed E-state index contributed by atoms with van der Waals surface area (Å²) in [6.07, 6.45) is -1.01. The first-order valence-corrected chi connectivity index (χ1v) is 10.7. The maximum atomic E-state index is 13.1. The van der Waals surface area contributed by atoms with Gasteiger partial charge in [0.25, 0.3) is 0 Å². The molecule has 2 fully saturated rings. The summed E-state index contributed by atoms with van der Waals surface area (Å²) in [7, 11) is 0. The van der Waals surface area contributed by atoms with Crippen LogP contribution in [0.1, 0.15) is 36.6 Å². The molecule has 1 N–H and O–H groups in total. The molecule has 2 heterocycles. The molecule has 1 saturated carbocycles. The van der Waals surface area contributed by atoms with Crippen LogP contribution in [0.3, 0.4) is 0 Å². The van der Waals surface area contributed by atoms with Gasteiger partial charge in [-0.15, -0.1) is 24.0 Å². The molecule has 32 heavy (non-hydrogen) atoms. The highest BCUT2D eigenvalue weighted by atomic mass is 127. The summed E-state index contributed by atoms with van der Waals surface area (Å²) in [6, 6.07) is 7.60. The lowest BCUT2D eigenvalue weighted by Crippen LogP contribution is -2.52. The molecule has 0 unspecified atom stereocenters. The predicted molar refractivity (Wildman–Crippen MR) is 127 cm³/mol. The lowest BCUT2D eigenvalue weighted by molar-refractivity contribution is -0.137. The van der Waals surface area contributed by atoms with Crippen LogP contribution in [0.15, 0.2) is 46.1 Å². The quantitative estimate of drug-likeness (QED) is 0.326. The van der Waals surface area contributed by atoms with Gasteiger partial charge in [-0.05, 0) is 31.4 Å². The van der Waals surface area contributed by atoms with E-state index in [4.69, 9.17) is 9.52 Å². The molecule has 0 radical (unpaired) electrons. The highest BCUT2D eigenvalue weighted by Gasteiger charge is 2.45. The first-order chi connectivity index (χ1) is 14.9. The van der Waals surface area contributed by atoms with Gasteiger partial charge in [0.05, 0.1) is 17.8 Å². The van der Waals surface area contributed by atoms with Crippen LogP contribution < -0.4 is 5.32 Å². The molecular weight excluding hydrogens is 534 g/mol. The first kappa shape index (κ1) is 24.8. The van der Waals surface area contributed by atoms with Crippen LogP contribution in [0.4, 0.5) is 13.2 Å². The van der Waals surface area contributed by atoms with Crippen molar-refractivity contribution in [2.24, 2.45) is 4.99 Å². The molecule has 1 aromatic carbocycles. The molecule has 1 aromatic heterocycles. The molecule has 2 aromatic rings. The van der Waals surface area contributed by atoms with E-state index in [0.717, 1.165) is 75.4 Å². The van der Waals surface area contributed by atoms with Crippen LogP contribution in [0.2, 0.25) is 0 Å². The number of rotatable bonds is 6. The van der Waals surface area contributed by atoms with Crippen LogP contribution in [0.5, 0.6) is 0 Å². The van der Waals surface area contributed by atoms with Crippen LogP contribution in [-0.4, -0.2) is 60.2 Å². The lowest BCUT2D eigenvalue weighted by atomic mass is 9.94. The van der Waals surface area contributed by atoms with Gasteiger partial charge in [-0.3, -0.25) is 9.89 Å². The highest BCUT2D eigenvalue weighted by Crippen LogP contribution is 2.49. The summed E-state index contributed by atoms with van der Waals surface area (Å²) < 4.78 is 44.3. The number of nitrogens with one attached hydrogen (secondary N) is 1. The summed E-state index contributed by atoms with van der Waals surface area (Å²) in [6.45, 7) is 7.46. The molecule has 0 atom stereocenters. The van der Waals surface area contributed by atoms with Crippen molar-refractivity contribution in [1.82, 2.24) is 20.3 Å². The predicted octanol–water partition coefficient (Wildman–Crippen LogP) is 4.13. The maximum Gasteiger partial charge on any atom is 0.416 e. The SMILES string of the molecule is CCNC(=NCC1(c2cccc(C(F)(F)F)c2)CC1)N1CCN(Cc2ccon2)CC1.I. The van der Waals surface area contributed by atoms with Gasteiger partial charge >= 0.3 is 6.18 Å². The zero-order valence-electron chi connectivity index (χ0n) is 18.1. The van der Waals surface area contributed by atoms with Gasteiger partial charge in [0, 0.05) is 50.7 Å². The van der Waals surface area contributed by atoms with Gasteiger partial charge in [-0.1, -0.05) is 23.4 Å². The van der Waals surface area contributed by atoms with Crippen molar-refractivity contribution in [2.75, 3.05) is 39.3 Å². The zero-order valence-corrected chi connectivity index (χ0v) is 20.4. The number of hydrogen-bond donors (Lipinski definition) is 1. The van der Waals surface area contributed by atoms with E-state index in [1.807, 2.05) is 13.0 Å². The average Bonchev–Trinajstić information content (AvgIpc) is 3.38. The van der Waals surface area contributed by atoms with Crippen molar-refractivity contribution < 1.29 is 17.7 Å². The third kappa shape index (κ3) is 5.94. The van der Waals surface area contributed by atoms with E-state index < -0.39 is 11.7 Å². The summed E-state index contributed by atoms with van der Waals surface area (Å²) in [5.74, 6) is 0.835. The molecule has 10 heteroatoms. The Hall–Kier alpha value is -1.82. The van der Waals surface area contributed by atoms with E-state index >= 15 is 0 Å². The van der Waals surface area contributed by atoms with Crippen molar-refractivity contribution in [3.8, 4) is 0 Å². The molecule has 0 spiro atoms. The van der Waals surface area contributed by atoms with Gasteiger partial charge < -0.3 is 14.7 Å². The van der Waals surface area contributed by atoms with E-state index in [1.54, 1.807) is 12.3 Å². The minimum Gasteiger partial charge on any atom is -0.364 e. The van der Waals surface area contributed by atoms with E-state index in [-0.39, 0.29) is 29.4 Å². The number of hydrogen-bond acceptors (Lipinski definition) is 4. The topological polar surface area (TPSA) is 56.9 Å². The molecule has 2 aliphatic rings. The Labute approximate surface area is 203 Å². The first-order valence-electron chi connectivity index (χ1n) is 10.7. The number of halogens is 4. The monoisotopic (exact) mass is 563 g/mol. The van der Waals surface area contributed by atoms with E-state index in [0.29, 0.717) is 6.54 Å². The Morgan fingerprint density at radius 1 is 1.19 bits per heavy atom. The number of guanidine groups is 1. The van der Waals surface area contributed by atoms with Gasteiger partial charge in [-0.2, -0.15) is 13.2 Å². The number of aromatic nitrogens is 1. The highest BCUT2D eigenvalue weighted by molar-refractivity contribution is 14.0. The number of alkyl halides is 3. The molecule has 176 valence electrons. The molecule has 6 nitrogen and oxygen atoms in total. The standard InChI is InChI=1S/C22H28F3N5O.HI/c1-2-26-20(30-11-9-29(10-12-30)15-19-6-13-31-28-19)27-16-21(7-8-21)17-4-3-5-18(14-17)22(23,24)25;/h3-6,13-14H,2,7-12,15-16H2,1H3,(H,26,27);1H. The fourth-order valence-corrected chi connectivity index (χ4v) is 4.03. The normalized spacial score (nSPS) is 18.9. The minimum atomic E-state index is -4.32. The van der Waals surface area contributed by atoms with E-state index in [2.05, 4.69) is 20.3 Å². The summed E-state index contributed by atoms with van der Waals surface area (Å²) >= 11 is 0. The smallest absolute Gasteiger partial charge is 0.364 e. The fourth-order valence-electron chi connectivity index (χ4n) is 4.03. The van der Waals surface area contributed by atoms with Crippen LogP contribution in [0, 0.1) is 0 Å². The number of nitrogens with zero attached hydrogens (tertiary/aromatic N) is 4. The molecule has 1 aliphatic heterocycles.